The highest BCUT2D eigenvalue weighted by atomic mass is 16.5. The van der Waals surface area contributed by atoms with Gasteiger partial charge in [-0.05, 0) is 44.4 Å². The highest BCUT2D eigenvalue weighted by Gasteiger charge is 2.40. The van der Waals surface area contributed by atoms with Gasteiger partial charge in [0, 0.05) is 38.6 Å². The van der Waals surface area contributed by atoms with Crippen molar-refractivity contribution >= 4 is 5.91 Å². The lowest BCUT2D eigenvalue weighted by Crippen LogP contribution is -2.59. The molecule has 3 aliphatic rings. The van der Waals surface area contributed by atoms with Crippen LogP contribution in [0.3, 0.4) is 0 Å². The summed E-state index contributed by atoms with van der Waals surface area (Å²) in [6.45, 7) is 2.68. The minimum atomic E-state index is -0.753. The van der Waals surface area contributed by atoms with Gasteiger partial charge < -0.3 is 19.9 Å². The number of rotatable bonds is 4. The number of likely N-dealkylation sites (tertiary alicyclic amines) is 1. The number of aromatic nitrogens is 2. The van der Waals surface area contributed by atoms with Crippen LogP contribution in [0.1, 0.15) is 81.8 Å². The number of nitrogens with two attached hydrogens (primary N) is 1. The third kappa shape index (κ3) is 4.57. The third-order valence-electron chi connectivity index (χ3n) is 6.78. The molecule has 1 amide bonds. The molecule has 7 heteroatoms. The molecule has 2 aliphatic heterocycles. The van der Waals surface area contributed by atoms with Crippen LogP contribution in [-0.2, 0) is 16.0 Å². The fourth-order valence-corrected chi connectivity index (χ4v) is 4.98. The number of carbonyl (C=O) groups is 1. The molecule has 1 aliphatic carbocycles. The number of hydrogen-bond acceptors (Lipinski definition) is 6. The van der Waals surface area contributed by atoms with Crippen LogP contribution in [0.4, 0.5) is 0 Å². The Bertz CT molecular complexity index is 648. The third-order valence-corrected chi connectivity index (χ3v) is 6.78. The Kier molecular flexibility index (Phi) is 6.31. The minimum Gasteiger partial charge on any atom is -0.381 e. The molecule has 156 valence electrons. The first-order chi connectivity index (χ1) is 13.6. The molecule has 1 atom stereocenters. The normalized spacial score (nSPS) is 26.8. The topological polar surface area (TPSA) is 94.5 Å². The van der Waals surface area contributed by atoms with Gasteiger partial charge in [0.05, 0.1) is 5.54 Å². The fourth-order valence-electron chi connectivity index (χ4n) is 4.98. The maximum Gasteiger partial charge on any atom is 0.242 e. The van der Waals surface area contributed by atoms with Gasteiger partial charge in [0.25, 0.3) is 0 Å². The Morgan fingerprint density at radius 3 is 2.61 bits per heavy atom. The zero-order chi connectivity index (χ0) is 19.4. The van der Waals surface area contributed by atoms with E-state index in [4.69, 9.17) is 20.0 Å². The van der Waals surface area contributed by atoms with E-state index in [1.165, 1.54) is 38.5 Å². The lowest BCUT2D eigenvalue weighted by molar-refractivity contribution is -0.142. The van der Waals surface area contributed by atoms with E-state index in [0.29, 0.717) is 37.9 Å². The van der Waals surface area contributed by atoms with E-state index in [1.54, 1.807) is 0 Å². The SMILES string of the molecule is NC1(C(=O)N2CCCC(Cc3nc(C4CCCCCC4)no3)C2)CCOCC1. The summed E-state index contributed by atoms with van der Waals surface area (Å²) in [7, 11) is 0. The standard InChI is InChI=1S/C21H34N4O3/c22-21(9-12-27-13-10-21)20(26)25-11-5-6-16(15-25)14-18-23-19(24-28-18)17-7-3-1-2-4-8-17/h16-17H,1-15,22H2. The molecular weight excluding hydrogens is 356 g/mol. The van der Waals surface area contributed by atoms with Gasteiger partial charge >= 0.3 is 0 Å². The number of piperidine rings is 1. The molecule has 1 aromatic heterocycles. The summed E-state index contributed by atoms with van der Waals surface area (Å²) in [4.78, 5) is 19.7. The first kappa shape index (κ1) is 19.8. The van der Waals surface area contributed by atoms with Crippen LogP contribution in [0.25, 0.3) is 0 Å². The van der Waals surface area contributed by atoms with Crippen molar-refractivity contribution in [1.29, 1.82) is 0 Å². The monoisotopic (exact) mass is 390 g/mol. The van der Waals surface area contributed by atoms with E-state index >= 15 is 0 Å². The molecule has 0 bridgehead atoms. The summed E-state index contributed by atoms with van der Waals surface area (Å²) < 4.78 is 11.0. The maximum atomic E-state index is 13.0. The maximum absolute atomic E-state index is 13.0. The molecule has 3 heterocycles. The van der Waals surface area contributed by atoms with E-state index in [9.17, 15) is 4.79 Å². The molecule has 0 aromatic carbocycles. The van der Waals surface area contributed by atoms with Crippen molar-refractivity contribution in [3.63, 3.8) is 0 Å². The molecule has 3 fully saturated rings. The Hall–Kier alpha value is -1.47. The predicted molar refractivity (Wildman–Crippen MR) is 105 cm³/mol. The summed E-state index contributed by atoms with van der Waals surface area (Å²) in [5, 5.41) is 4.29. The molecular formula is C21H34N4O3. The predicted octanol–water partition coefficient (Wildman–Crippen LogP) is 2.80. The molecule has 2 saturated heterocycles. The number of nitrogens with zero attached hydrogens (tertiary/aromatic N) is 3. The second-order valence-electron chi connectivity index (χ2n) is 8.97. The second-order valence-corrected chi connectivity index (χ2v) is 8.97. The van der Waals surface area contributed by atoms with E-state index in [0.717, 1.165) is 44.1 Å². The molecule has 4 rings (SSSR count). The van der Waals surface area contributed by atoms with Crippen molar-refractivity contribution in [2.45, 2.75) is 82.1 Å². The van der Waals surface area contributed by atoms with Crippen molar-refractivity contribution < 1.29 is 14.1 Å². The van der Waals surface area contributed by atoms with Crippen LogP contribution in [0.5, 0.6) is 0 Å². The van der Waals surface area contributed by atoms with Crippen molar-refractivity contribution in [3.8, 4) is 0 Å². The molecule has 1 saturated carbocycles. The van der Waals surface area contributed by atoms with E-state index in [-0.39, 0.29) is 5.91 Å². The smallest absolute Gasteiger partial charge is 0.242 e. The van der Waals surface area contributed by atoms with Gasteiger partial charge in [0.2, 0.25) is 11.8 Å². The molecule has 0 spiro atoms. The molecule has 2 N–H and O–H groups in total. The zero-order valence-corrected chi connectivity index (χ0v) is 16.9. The van der Waals surface area contributed by atoms with E-state index < -0.39 is 5.54 Å². The Labute approximate surface area is 167 Å². The fraction of sp³-hybridized carbons (Fsp3) is 0.857. The van der Waals surface area contributed by atoms with Gasteiger partial charge in [-0.3, -0.25) is 4.79 Å². The lowest BCUT2D eigenvalue weighted by atomic mass is 9.87. The summed E-state index contributed by atoms with van der Waals surface area (Å²) in [5.74, 6) is 2.53. The average Bonchev–Trinajstić information content (AvgIpc) is 3.00. The number of amides is 1. The van der Waals surface area contributed by atoms with Crippen molar-refractivity contribution in [2.24, 2.45) is 11.7 Å². The van der Waals surface area contributed by atoms with Gasteiger partial charge in [-0.25, -0.2) is 0 Å². The Morgan fingerprint density at radius 2 is 1.86 bits per heavy atom. The number of carbonyl (C=O) groups excluding carboxylic acids is 1. The zero-order valence-electron chi connectivity index (χ0n) is 16.9. The van der Waals surface area contributed by atoms with Gasteiger partial charge in [0.1, 0.15) is 0 Å². The van der Waals surface area contributed by atoms with Gasteiger partial charge in [-0.15, -0.1) is 0 Å². The van der Waals surface area contributed by atoms with E-state index in [2.05, 4.69) is 5.16 Å². The van der Waals surface area contributed by atoms with Crippen LogP contribution in [-0.4, -0.2) is 52.8 Å². The Balaban J connectivity index is 1.34. The highest BCUT2D eigenvalue weighted by Crippen LogP contribution is 2.31. The Morgan fingerprint density at radius 1 is 1.11 bits per heavy atom. The first-order valence-corrected chi connectivity index (χ1v) is 11.1. The first-order valence-electron chi connectivity index (χ1n) is 11.1. The average molecular weight is 391 g/mol. The minimum absolute atomic E-state index is 0.0881. The van der Waals surface area contributed by atoms with Crippen molar-refractivity contribution in [2.75, 3.05) is 26.3 Å². The van der Waals surface area contributed by atoms with Crippen LogP contribution in [0.2, 0.25) is 0 Å². The molecule has 1 aromatic rings. The van der Waals surface area contributed by atoms with Gasteiger partial charge in [0.15, 0.2) is 5.82 Å². The van der Waals surface area contributed by atoms with E-state index in [1.807, 2.05) is 4.90 Å². The van der Waals surface area contributed by atoms with Crippen LogP contribution in [0.15, 0.2) is 4.52 Å². The van der Waals surface area contributed by atoms with Crippen LogP contribution < -0.4 is 5.73 Å². The summed E-state index contributed by atoms with van der Waals surface area (Å²) >= 11 is 0. The summed E-state index contributed by atoms with van der Waals surface area (Å²) in [6.07, 6.45) is 11.6. The number of ether oxygens (including phenoxy) is 1. The highest BCUT2D eigenvalue weighted by molar-refractivity contribution is 5.86. The quantitative estimate of drug-likeness (QED) is 0.795. The van der Waals surface area contributed by atoms with Gasteiger partial charge in [-0.2, -0.15) is 4.98 Å². The lowest BCUT2D eigenvalue weighted by Gasteiger charge is -2.40. The molecule has 1 unspecified atom stereocenters. The molecule has 28 heavy (non-hydrogen) atoms. The summed E-state index contributed by atoms with van der Waals surface area (Å²) in [5.41, 5.74) is 5.67. The van der Waals surface area contributed by atoms with Gasteiger partial charge in [-0.1, -0.05) is 30.8 Å². The van der Waals surface area contributed by atoms with Crippen molar-refractivity contribution in [1.82, 2.24) is 15.0 Å². The van der Waals surface area contributed by atoms with Crippen molar-refractivity contribution in [3.05, 3.63) is 11.7 Å². The molecule has 0 radical (unpaired) electrons. The summed E-state index contributed by atoms with van der Waals surface area (Å²) in [6, 6.07) is 0. The number of hydrogen-bond donors (Lipinski definition) is 1. The van der Waals surface area contributed by atoms with Crippen LogP contribution >= 0.6 is 0 Å². The largest absolute Gasteiger partial charge is 0.381 e. The molecule has 7 nitrogen and oxygen atoms in total. The second kappa shape index (κ2) is 8.91. The van der Waals surface area contributed by atoms with Crippen LogP contribution in [0, 0.1) is 5.92 Å².